The molecule has 2 aromatic rings. The molecule has 1 aromatic carbocycles. The molecule has 1 saturated heterocycles. The van der Waals surface area contributed by atoms with Crippen molar-refractivity contribution < 1.29 is 37.7 Å². The summed E-state index contributed by atoms with van der Waals surface area (Å²) < 4.78 is 37.9. The molecular weight excluding hydrogens is 647 g/mol. The Hall–Kier alpha value is -3.34. The minimum absolute atomic E-state index is 0.0244. The van der Waals surface area contributed by atoms with Gasteiger partial charge in [-0.05, 0) is 99.6 Å². The molecule has 13 heteroatoms. The van der Waals surface area contributed by atoms with Crippen LogP contribution in [0.2, 0.25) is 0 Å². The number of amides is 2. The maximum Gasteiger partial charge on any atom is 0.419 e. The standard InChI is InChI=1S/C36H55N4O8P/c1-11-45-49(44)21-20-39(24-27-16-12-13-17-29(27)28-22-37-26-38-23-28)25-36(49,30(41)46-33(2,3)4)18-14-15-19-40(31(42)47-34(5,6)7)32(43)48-35(8,9)10/h12-13,16-17,22-23,26H,11,14-15,18-21,24-25H2,1-10H3. The first kappa shape index (κ1) is 40.1. The average Bonchev–Trinajstić information content (AvgIpc) is 2.96. The molecule has 2 heterocycles. The first-order valence-electron chi connectivity index (χ1n) is 16.9. The molecule has 1 aromatic heterocycles. The molecule has 12 nitrogen and oxygen atoms in total. The summed E-state index contributed by atoms with van der Waals surface area (Å²) in [5, 5.41) is -1.48. The summed E-state index contributed by atoms with van der Waals surface area (Å²) in [5.41, 5.74) is 0.337. The fraction of sp³-hybridized carbons (Fsp3) is 0.639. The Morgan fingerprint density at radius 1 is 0.878 bits per heavy atom. The number of unbranched alkanes of at least 4 members (excludes halogenated alkanes) is 1. The zero-order valence-corrected chi connectivity index (χ0v) is 31.8. The van der Waals surface area contributed by atoms with Crippen molar-refractivity contribution in [3.8, 4) is 11.1 Å². The molecule has 49 heavy (non-hydrogen) atoms. The minimum atomic E-state index is -3.60. The average molecular weight is 703 g/mol. The van der Waals surface area contributed by atoms with Gasteiger partial charge in [-0.25, -0.2) is 24.5 Å². The molecule has 0 saturated carbocycles. The van der Waals surface area contributed by atoms with Crippen LogP contribution in [0, 0.1) is 0 Å². The van der Waals surface area contributed by atoms with E-state index in [0.29, 0.717) is 25.9 Å². The number of carbonyl (C=O) groups is 3. The van der Waals surface area contributed by atoms with Crippen LogP contribution in [0.1, 0.15) is 94.1 Å². The van der Waals surface area contributed by atoms with Crippen molar-refractivity contribution in [1.82, 2.24) is 19.8 Å². The predicted octanol–water partition coefficient (Wildman–Crippen LogP) is 7.70. The summed E-state index contributed by atoms with van der Waals surface area (Å²) in [4.78, 5) is 51.9. The number of nitrogens with zero attached hydrogens (tertiary/aromatic N) is 4. The topological polar surface area (TPSA) is 137 Å². The number of ether oxygens (including phenoxy) is 3. The van der Waals surface area contributed by atoms with Crippen LogP contribution in [-0.2, 0) is 34.6 Å². The van der Waals surface area contributed by atoms with Gasteiger partial charge in [-0.1, -0.05) is 24.3 Å². The summed E-state index contributed by atoms with van der Waals surface area (Å²) >= 11 is 0. The van der Waals surface area contributed by atoms with E-state index < -0.39 is 47.5 Å². The monoisotopic (exact) mass is 702 g/mol. The summed E-state index contributed by atoms with van der Waals surface area (Å²) in [6, 6.07) is 7.94. The molecule has 1 aliphatic rings. The second-order valence-electron chi connectivity index (χ2n) is 15.4. The molecule has 2 atom stereocenters. The van der Waals surface area contributed by atoms with Crippen molar-refractivity contribution in [2.45, 2.75) is 117 Å². The van der Waals surface area contributed by atoms with Gasteiger partial charge in [0, 0.05) is 50.3 Å². The molecule has 2 unspecified atom stereocenters. The van der Waals surface area contributed by atoms with Crippen LogP contribution < -0.4 is 0 Å². The molecule has 0 N–H and O–H groups in total. The number of esters is 1. The van der Waals surface area contributed by atoms with Crippen LogP contribution in [-0.4, -0.2) is 92.3 Å². The van der Waals surface area contributed by atoms with E-state index in [1.807, 2.05) is 24.3 Å². The molecular formula is C36H55N4O8P. The van der Waals surface area contributed by atoms with Gasteiger partial charge in [0.1, 0.15) is 23.1 Å². The highest BCUT2D eigenvalue weighted by Crippen LogP contribution is 2.64. The largest absolute Gasteiger partial charge is 0.459 e. The lowest BCUT2D eigenvalue weighted by Crippen LogP contribution is -2.56. The predicted molar refractivity (Wildman–Crippen MR) is 188 cm³/mol. The van der Waals surface area contributed by atoms with Crippen molar-refractivity contribution in [2.75, 3.05) is 32.4 Å². The lowest BCUT2D eigenvalue weighted by molar-refractivity contribution is -0.160. The van der Waals surface area contributed by atoms with Gasteiger partial charge in [0.05, 0.1) is 6.61 Å². The summed E-state index contributed by atoms with van der Waals surface area (Å²) in [6.07, 6.45) is 4.31. The van der Waals surface area contributed by atoms with Crippen molar-refractivity contribution in [3.63, 3.8) is 0 Å². The fourth-order valence-electron chi connectivity index (χ4n) is 5.70. The molecule has 1 aliphatic heterocycles. The van der Waals surface area contributed by atoms with Gasteiger partial charge in [-0.2, -0.15) is 0 Å². The Balaban J connectivity index is 1.94. The van der Waals surface area contributed by atoms with E-state index >= 15 is 0 Å². The molecule has 0 bridgehead atoms. The third-order valence-corrected chi connectivity index (χ3v) is 11.0. The Morgan fingerprint density at radius 2 is 1.45 bits per heavy atom. The van der Waals surface area contributed by atoms with Gasteiger partial charge >= 0.3 is 18.2 Å². The molecule has 2 amide bonds. The third-order valence-electron chi connectivity index (χ3n) is 7.70. The quantitative estimate of drug-likeness (QED) is 0.0986. The van der Waals surface area contributed by atoms with E-state index in [1.54, 1.807) is 81.6 Å². The van der Waals surface area contributed by atoms with Gasteiger partial charge in [-0.3, -0.25) is 14.3 Å². The van der Waals surface area contributed by atoms with Crippen LogP contribution in [0.4, 0.5) is 9.59 Å². The van der Waals surface area contributed by atoms with Gasteiger partial charge in [0.2, 0.25) is 7.37 Å². The lowest BCUT2D eigenvalue weighted by Gasteiger charge is -2.46. The molecule has 1 fully saturated rings. The van der Waals surface area contributed by atoms with Crippen molar-refractivity contribution in [2.24, 2.45) is 0 Å². The fourth-order valence-corrected chi connectivity index (χ4v) is 8.71. The molecule has 3 rings (SSSR count). The van der Waals surface area contributed by atoms with Crippen LogP contribution >= 0.6 is 7.37 Å². The van der Waals surface area contributed by atoms with Crippen molar-refractivity contribution in [3.05, 3.63) is 48.5 Å². The first-order chi connectivity index (χ1) is 22.7. The second kappa shape index (κ2) is 16.1. The van der Waals surface area contributed by atoms with E-state index in [2.05, 4.69) is 14.9 Å². The maximum absolute atomic E-state index is 14.8. The Morgan fingerprint density at radius 3 is 2.00 bits per heavy atom. The Labute approximate surface area is 291 Å². The maximum atomic E-state index is 14.8. The third kappa shape index (κ3) is 11.3. The van der Waals surface area contributed by atoms with E-state index in [1.165, 1.54) is 6.33 Å². The first-order valence-corrected chi connectivity index (χ1v) is 18.8. The Bertz CT molecular complexity index is 1450. The molecule has 272 valence electrons. The van der Waals surface area contributed by atoms with Crippen LogP contribution in [0.25, 0.3) is 11.1 Å². The van der Waals surface area contributed by atoms with Crippen LogP contribution in [0.5, 0.6) is 0 Å². The van der Waals surface area contributed by atoms with E-state index in [-0.39, 0.29) is 32.3 Å². The smallest absolute Gasteiger partial charge is 0.419 e. The number of carbonyl (C=O) groups excluding carboxylic acids is 3. The highest BCUT2D eigenvalue weighted by Gasteiger charge is 2.59. The number of rotatable bonds is 11. The van der Waals surface area contributed by atoms with Gasteiger partial charge in [0.15, 0.2) is 5.16 Å². The zero-order valence-electron chi connectivity index (χ0n) is 30.9. The highest BCUT2D eigenvalue weighted by molar-refractivity contribution is 7.62. The number of imide groups is 1. The van der Waals surface area contributed by atoms with E-state index in [4.69, 9.17) is 18.7 Å². The van der Waals surface area contributed by atoms with Gasteiger partial charge in [0.25, 0.3) is 0 Å². The molecule has 0 spiro atoms. The number of hydrogen-bond acceptors (Lipinski definition) is 11. The van der Waals surface area contributed by atoms with E-state index in [0.717, 1.165) is 21.6 Å². The summed E-state index contributed by atoms with van der Waals surface area (Å²) in [6.45, 7) is 18.6. The normalized spacial score (nSPS) is 20.4. The summed E-state index contributed by atoms with van der Waals surface area (Å²) in [5.74, 6) is -0.581. The number of benzene rings is 1. The molecule has 0 radical (unpaired) electrons. The van der Waals surface area contributed by atoms with Crippen molar-refractivity contribution in [1.29, 1.82) is 0 Å². The number of aromatic nitrogens is 2. The second-order valence-corrected chi connectivity index (χ2v) is 18.3. The lowest BCUT2D eigenvalue weighted by atomic mass is 9.97. The van der Waals surface area contributed by atoms with Crippen LogP contribution in [0.3, 0.4) is 0 Å². The highest BCUT2D eigenvalue weighted by atomic mass is 31.2. The Kier molecular flexibility index (Phi) is 13.2. The molecule has 0 aliphatic carbocycles. The SMILES string of the molecule is CCOP1(=O)CCN(Cc2ccccc2-c2cncnc2)CC1(CCCCN(C(=O)OC(C)(C)C)C(=O)OC(C)(C)C)C(=O)OC(C)(C)C. The van der Waals surface area contributed by atoms with Gasteiger partial charge in [-0.15, -0.1) is 0 Å². The minimum Gasteiger partial charge on any atom is -0.459 e. The van der Waals surface area contributed by atoms with Crippen LogP contribution in [0.15, 0.2) is 43.0 Å². The zero-order chi connectivity index (χ0) is 36.7. The van der Waals surface area contributed by atoms with Crippen molar-refractivity contribution >= 4 is 25.5 Å². The number of hydrogen-bond donors (Lipinski definition) is 0. The summed E-state index contributed by atoms with van der Waals surface area (Å²) in [7, 11) is -3.60. The van der Waals surface area contributed by atoms with E-state index in [9.17, 15) is 18.9 Å². The van der Waals surface area contributed by atoms with Gasteiger partial charge < -0.3 is 18.7 Å².